The first-order valence-corrected chi connectivity index (χ1v) is 7.24. The number of esters is 1. The maximum atomic E-state index is 13.9. The highest BCUT2D eigenvalue weighted by atomic mass is 35.5. The molecule has 116 valence electrons. The lowest BCUT2D eigenvalue weighted by Crippen LogP contribution is -2.30. The van der Waals surface area contributed by atoms with E-state index in [0.717, 1.165) is 5.56 Å². The van der Waals surface area contributed by atoms with Crippen LogP contribution in [0.1, 0.15) is 11.1 Å². The van der Waals surface area contributed by atoms with E-state index in [0.29, 0.717) is 17.1 Å². The van der Waals surface area contributed by atoms with Gasteiger partial charge < -0.3 is 4.74 Å². The summed E-state index contributed by atoms with van der Waals surface area (Å²) >= 11 is 6.06. The Balaban J connectivity index is 2.19. The van der Waals surface area contributed by atoms with Crippen molar-refractivity contribution in [2.45, 2.75) is 13.1 Å². The molecule has 0 aliphatic heterocycles. The Morgan fingerprint density at radius 3 is 2.50 bits per heavy atom. The fraction of sp³-hybridized carbons (Fsp3) is 0.235. The number of benzene rings is 2. The van der Waals surface area contributed by atoms with Gasteiger partial charge in [0, 0.05) is 23.7 Å². The zero-order chi connectivity index (χ0) is 15.9. The molecule has 0 amide bonds. The maximum Gasteiger partial charge on any atom is 0.319 e. The summed E-state index contributed by atoms with van der Waals surface area (Å²) < 4.78 is 18.7. The molecule has 0 aliphatic rings. The number of carbonyl (C=O) groups is 1. The van der Waals surface area contributed by atoms with Gasteiger partial charge in [0.05, 0.1) is 13.7 Å². The number of halogens is 2. The molecule has 0 aromatic heterocycles. The lowest BCUT2D eigenvalue weighted by Gasteiger charge is -2.22. The highest BCUT2D eigenvalue weighted by molar-refractivity contribution is 6.31. The van der Waals surface area contributed by atoms with Crippen molar-refractivity contribution in [1.29, 1.82) is 0 Å². The second kappa shape index (κ2) is 7.92. The lowest BCUT2D eigenvalue weighted by molar-refractivity contribution is -0.142. The molecule has 0 spiro atoms. The van der Waals surface area contributed by atoms with Crippen LogP contribution in [0.3, 0.4) is 0 Å². The third kappa shape index (κ3) is 4.55. The molecule has 0 aliphatic carbocycles. The molecular weight excluding hydrogens is 305 g/mol. The van der Waals surface area contributed by atoms with Crippen LogP contribution in [0, 0.1) is 5.82 Å². The molecule has 0 saturated heterocycles. The molecule has 3 nitrogen and oxygen atoms in total. The van der Waals surface area contributed by atoms with Gasteiger partial charge in [-0.1, -0.05) is 48.0 Å². The molecule has 2 rings (SSSR count). The summed E-state index contributed by atoms with van der Waals surface area (Å²) in [7, 11) is 1.33. The molecule has 0 bridgehead atoms. The zero-order valence-corrected chi connectivity index (χ0v) is 13.0. The Labute approximate surface area is 134 Å². The van der Waals surface area contributed by atoms with E-state index in [1.165, 1.54) is 13.2 Å². The SMILES string of the molecule is COC(=O)CN(Cc1ccccc1)Cc1c(F)cccc1Cl. The third-order valence-electron chi connectivity index (χ3n) is 3.27. The molecule has 0 N–H and O–H groups in total. The molecule has 5 heteroatoms. The van der Waals surface area contributed by atoms with Crippen molar-refractivity contribution in [1.82, 2.24) is 4.90 Å². The second-order valence-electron chi connectivity index (χ2n) is 4.91. The average Bonchev–Trinajstić information content (AvgIpc) is 2.51. The standard InChI is InChI=1S/C17H17ClFNO2/c1-22-17(21)12-20(10-13-6-3-2-4-7-13)11-14-15(18)8-5-9-16(14)19/h2-9H,10-12H2,1H3. The largest absolute Gasteiger partial charge is 0.468 e. The van der Waals surface area contributed by atoms with Gasteiger partial charge in [0.2, 0.25) is 0 Å². The topological polar surface area (TPSA) is 29.5 Å². The van der Waals surface area contributed by atoms with Crippen LogP contribution in [0.4, 0.5) is 4.39 Å². The summed E-state index contributed by atoms with van der Waals surface area (Å²) in [6, 6.07) is 14.2. The van der Waals surface area contributed by atoms with E-state index < -0.39 is 0 Å². The summed E-state index contributed by atoms with van der Waals surface area (Å²) in [6.07, 6.45) is 0. The smallest absolute Gasteiger partial charge is 0.319 e. The van der Waals surface area contributed by atoms with E-state index in [4.69, 9.17) is 16.3 Å². The summed E-state index contributed by atoms with van der Waals surface area (Å²) in [4.78, 5) is 13.4. The number of ether oxygens (including phenoxy) is 1. The van der Waals surface area contributed by atoms with Crippen molar-refractivity contribution in [2.75, 3.05) is 13.7 Å². The van der Waals surface area contributed by atoms with Gasteiger partial charge in [-0.2, -0.15) is 0 Å². The molecule has 2 aromatic rings. The van der Waals surface area contributed by atoms with Crippen molar-refractivity contribution in [2.24, 2.45) is 0 Å². The number of hydrogen-bond acceptors (Lipinski definition) is 3. The Hall–Kier alpha value is -1.91. The van der Waals surface area contributed by atoms with Crippen LogP contribution < -0.4 is 0 Å². The summed E-state index contributed by atoms with van der Waals surface area (Å²) in [6.45, 7) is 0.798. The van der Waals surface area contributed by atoms with E-state index in [1.807, 2.05) is 30.3 Å². The normalized spacial score (nSPS) is 10.7. The first-order chi connectivity index (χ1) is 10.6. The van der Waals surface area contributed by atoms with Gasteiger partial charge in [-0.25, -0.2) is 4.39 Å². The van der Waals surface area contributed by atoms with E-state index >= 15 is 0 Å². The Morgan fingerprint density at radius 2 is 1.86 bits per heavy atom. The average molecular weight is 322 g/mol. The highest BCUT2D eigenvalue weighted by Gasteiger charge is 2.16. The molecule has 22 heavy (non-hydrogen) atoms. The maximum absolute atomic E-state index is 13.9. The van der Waals surface area contributed by atoms with Gasteiger partial charge in [0.1, 0.15) is 5.82 Å². The number of rotatable bonds is 6. The molecule has 0 unspecified atom stereocenters. The molecule has 0 saturated carbocycles. The van der Waals surface area contributed by atoms with Crippen molar-refractivity contribution < 1.29 is 13.9 Å². The highest BCUT2D eigenvalue weighted by Crippen LogP contribution is 2.21. The van der Waals surface area contributed by atoms with Crippen LogP contribution in [0.15, 0.2) is 48.5 Å². The summed E-state index contributed by atoms with van der Waals surface area (Å²) in [5.74, 6) is -0.751. The van der Waals surface area contributed by atoms with Crippen molar-refractivity contribution in [3.8, 4) is 0 Å². The number of nitrogens with zero attached hydrogens (tertiary/aromatic N) is 1. The van der Waals surface area contributed by atoms with Crippen LogP contribution in [0.5, 0.6) is 0 Å². The predicted molar refractivity (Wildman–Crippen MR) is 84.0 cm³/mol. The van der Waals surface area contributed by atoms with Crippen LogP contribution in [-0.2, 0) is 22.6 Å². The van der Waals surface area contributed by atoms with Crippen molar-refractivity contribution >= 4 is 17.6 Å². The van der Waals surface area contributed by atoms with E-state index in [2.05, 4.69) is 0 Å². The van der Waals surface area contributed by atoms with Crippen LogP contribution in [0.2, 0.25) is 5.02 Å². The molecular formula is C17H17ClFNO2. The van der Waals surface area contributed by atoms with E-state index in [1.54, 1.807) is 17.0 Å². The summed E-state index contributed by atoms with van der Waals surface area (Å²) in [5, 5.41) is 0.350. The van der Waals surface area contributed by atoms with Crippen LogP contribution >= 0.6 is 11.6 Å². The van der Waals surface area contributed by atoms with Gasteiger partial charge in [0.15, 0.2) is 0 Å². The minimum atomic E-state index is -0.379. The second-order valence-corrected chi connectivity index (χ2v) is 5.31. The minimum absolute atomic E-state index is 0.0655. The first-order valence-electron chi connectivity index (χ1n) is 6.86. The summed E-state index contributed by atoms with van der Waals surface area (Å²) in [5.41, 5.74) is 1.41. The molecule has 0 heterocycles. The van der Waals surface area contributed by atoms with E-state index in [9.17, 15) is 9.18 Å². The Morgan fingerprint density at radius 1 is 1.14 bits per heavy atom. The lowest BCUT2D eigenvalue weighted by atomic mass is 10.1. The van der Waals surface area contributed by atoms with Gasteiger partial charge in [-0.05, 0) is 17.7 Å². The van der Waals surface area contributed by atoms with Gasteiger partial charge in [0.25, 0.3) is 0 Å². The van der Waals surface area contributed by atoms with Crippen LogP contribution in [-0.4, -0.2) is 24.5 Å². The quantitative estimate of drug-likeness (QED) is 0.761. The molecule has 0 fully saturated rings. The number of hydrogen-bond donors (Lipinski definition) is 0. The molecule has 0 atom stereocenters. The monoisotopic (exact) mass is 321 g/mol. The van der Waals surface area contributed by atoms with Crippen molar-refractivity contribution in [3.63, 3.8) is 0 Å². The number of methoxy groups -OCH3 is 1. The molecule has 2 aromatic carbocycles. The van der Waals surface area contributed by atoms with Crippen molar-refractivity contribution in [3.05, 3.63) is 70.5 Å². The first kappa shape index (κ1) is 16.5. The van der Waals surface area contributed by atoms with E-state index in [-0.39, 0.29) is 24.9 Å². The Bertz CT molecular complexity index is 614. The predicted octanol–water partition coefficient (Wildman–Crippen LogP) is 3.65. The third-order valence-corrected chi connectivity index (χ3v) is 3.63. The molecule has 0 radical (unpaired) electrons. The van der Waals surface area contributed by atoms with Gasteiger partial charge in [-0.15, -0.1) is 0 Å². The minimum Gasteiger partial charge on any atom is -0.468 e. The van der Waals surface area contributed by atoms with Crippen LogP contribution in [0.25, 0.3) is 0 Å². The fourth-order valence-electron chi connectivity index (χ4n) is 2.16. The fourth-order valence-corrected chi connectivity index (χ4v) is 2.39. The van der Waals surface area contributed by atoms with Gasteiger partial charge >= 0.3 is 5.97 Å². The van der Waals surface area contributed by atoms with Gasteiger partial charge in [-0.3, -0.25) is 9.69 Å². The zero-order valence-electron chi connectivity index (χ0n) is 12.3. The Kier molecular flexibility index (Phi) is 5.92. The number of carbonyl (C=O) groups excluding carboxylic acids is 1.